The molecule has 0 aliphatic heterocycles. The zero-order valence-electron chi connectivity index (χ0n) is 11.7. The minimum atomic E-state index is 0.212. The van der Waals surface area contributed by atoms with Crippen LogP contribution < -0.4 is 5.73 Å². The van der Waals surface area contributed by atoms with E-state index in [1.807, 2.05) is 11.8 Å². The zero-order chi connectivity index (χ0) is 14.2. The van der Waals surface area contributed by atoms with Crippen molar-refractivity contribution in [1.82, 2.24) is 4.57 Å². The number of benzene rings is 1. The topological polar surface area (TPSA) is 54.7 Å². The fourth-order valence-corrected chi connectivity index (χ4v) is 3.65. The van der Waals surface area contributed by atoms with Gasteiger partial charge in [0.05, 0.1) is 11.6 Å². The lowest BCUT2D eigenvalue weighted by molar-refractivity contribution is 0.440. The van der Waals surface area contributed by atoms with Gasteiger partial charge in [-0.2, -0.15) is 5.26 Å². The van der Waals surface area contributed by atoms with E-state index in [0.29, 0.717) is 6.42 Å². The minimum Gasteiger partial charge on any atom is -0.399 e. The molecule has 3 nitrogen and oxygen atoms in total. The lowest BCUT2D eigenvalue weighted by atomic mass is 10.0. The van der Waals surface area contributed by atoms with E-state index in [9.17, 15) is 0 Å². The summed E-state index contributed by atoms with van der Waals surface area (Å²) < 4.78 is 2.27. The van der Waals surface area contributed by atoms with Crippen molar-refractivity contribution in [2.75, 3.05) is 11.5 Å². The molecule has 0 unspecified atom stereocenters. The average molecular weight is 285 g/mol. The predicted molar refractivity (Wildman–Crippen MR) is 84.6 cm³/mol. The highest BCUT2D eigenvalue weighted by molar-refractivity contribution is 7.99. The van der Waals surface area contributed by atoms with E-state index < -0.39 is 0 Å². The molecule has 1 saturated carbocycles. The summed E-state index contributed by atoms with van der Waals surface area (Å²) in [5.74, 6) is 1.04. The van der Waals surface area contributed by atoms with Crippen molar-refractivity contribution < 1.29 is 0 Å². The number of anilines is 1. The van der Waals surface area contributed by atoms with Crippen LogP contribution in [-0.2, 0) is 6.54 Å². The first-order valence-corrected chi connectivity index (χ1v) is 8.04. The van der Waals surface area contributed by atoms with Crippen LogP contribution in [0.4, 0.5) is 5.69 Å². The lowest BCUT2D eigenvalue weighted by Crippen LogP contribution is -2.10. The normalized spacial score (nSPS) is 16.2. The first-order valence-electron chi connectivity index (χ1n) is 7.05. The van der Waals surface area contributed by atoms with Crippen molar-refractivity contribution in [3.05, 3.63) is 24.4 Å². The molecule has 1 aliphatic carbocycles. The maximum absolute atomic E-state index is 8.96. The summed E-state index contributed by atoms with van der Waals surface area (Å²) in [6.45, 7) is 3.09. The van der Waals surface area contributed by atoms with Crippen LogP contribution in [0.5, 0.6) is 0 Å². The monoisotopic (exact) mass is 285 g/mol. The summed E-state index contributed by atoms with van der Waals surface area (Å²) in [6.07, 6.45) is 5.13. The van der Waals surface area contributed by atoms with Gasteiger partial charge < -0.3 is 10.3 Å². The third-order valence-corrected chi connectivity index (χ3v) is 5.03. The highest BCUT2D eigenvalue weighted by Crippen LogP contribution is 2.50. The van der Waals surface area contributed by atoms with Crippen LogP contribution >= 0.6 is 11.8 Å². The molecule has 2 aromatic rings. The quantitative estimate of drug-likeness (QED) is 0.666. The molecule has 0 spiro atoms. The van der Waals surface area contributed by atoms with Crippen LogP contribution in [0.25, 0.3) is 10.9 Å². The van der Waals surface area contributed by atoms with Gasteiger partial charge in [0.2, 0.25) is 0 Å². The van der Waals surface area contributed by atoms with E-state index in [4.69, 9.17) is 11.0 Å². The molecule has 3 rings (SSSR count). The van der Waals surface area contributed by atoms with Crippen molar-refractivity contribution in [2.24, 2.45) is 5.41 Å². The summed E-state index contributed by atoms with van der Waals surface area (Å²) in [5, 5.41) is 10.2. The van der Waals surface area contributed by atoms with Crippen molar-refractivity contribution >= 4 is 28.4 Å². The Balaban J connectivity index is 1.99. The van der Waals surface area contributed by atoms with E-state index in [-0.39, 0.29) is 5.41 Å². The number of nitrogens with two attached hydrogens (primary N) is 1. The fraction of sp³-hybridized carbons (Fsp3) is 0.438. The number of rotatable bonds is 5. The number of nitriles is 1. The van der Waals surface area contributed by atoms with Crippen LogP contribution in [0.2, 0.25) is 0 Å². The summed E-state index contributed by atoms with van der Waals surface area (Å²) in [5.41, 5.74) is 8.27. The number of fused-ring (bicyclic) bond motifs is 1. The summed E-state index contributed by atoms with van der Waals surface area (Å²) >= 11 is 1.83. The molecule has 0 atom stereocenters. The van der Waals surface area contributed by atoms with Crippen LogP contribution in [0.1, 0.15) is 26.2 Å². The van der Waals surface area contributed by atoms with Gasteiger partial charge in [0.25, 0.3) is 0 Å². The van der Waals surface area contributed by atoms with Gasteiger partial charge in [-0.3, -0.25) is 0 Å². The number of aromatic nitrogens is 1. The van der Waals surface area contributed by atoms with E-state index in [0.717, 1.165) is 18.0 Å². The molecule has 1 heterocycles. The van der Waals surface area contributed by atoms with Crippen molar-refractivity contribution in [3.63, 3.8) is 0 Å². The maximum Gasteiger partial charge on any atom is 0.0628 e. The average Bonchev–Trinajstić information content (AvgIpc) is 3.05. The summed E-state index contributed by atoms with van der Waals surface area (Å²) in [6, 6.07) is 8.62. The number of nitrogens with zero attached hydrogens (tertiary/aromatic N) is 2. The number of hydrogen-bond donors (Lipinski definition) is 1. The van der Waals surface area contributed by atoms with Crippen molar-refractivity contribution in [1.29, 1.82) is 5.26 Å². The Kier molecular flexibility index (Phi) is 3.39. The lowest BCUT2D eigenvalue weighted by Gasteiger charge is -2.14. The highest BCUT2D eigenvalue weighted by atomic mass is 32.2. The zero-order valence-corrected chi connectivity index (χ0v) is 12.5. The molecule has 20 heavy (non-hydrogen) atoms. The molecule has 4 heteroatoms. The molecule has 104 valence electrons. The number of thioether (sulfide) groups is 1. The van der Waals surface area contributed by atoms with Crippen LogP contribution in [0, 0.1) is 16.7 Å². The van der Waals surface area contributed by atoms with Crippen LogP contribution in [0.3, 0.4) is 0 Å². The first kappa shape index (κ1) is 13.4. The van der Waals surface area contributed by atoms with Gasteiger partial charge in [-0.15, -0.1) is 11.8 Å². The Morgan fingerprint density at radius 2 is 2.25 bits per heavy atom. The highest BCUT2D eigenvalue weighted by Gasteiger charge is 2.42. The smallest absolute Gasteiger partial charge is 0.0628 e. The first-order chi connectivity index (χ1) is 9.67. The van der Waals surface area contributed by atoms with Gasteiger partial charge in [0.15, 0.2) is 0 Å². The molecule has 0 radical (unpaired) electrons. The standard InChI is InChI=1S/C16H19N3S/c1-2-20-15-10-12(18)9-14-13(15)3-8-19(14)11-16(4-5-16)6-7-17/h3,8-10H,2,4-6,11,18H2,1H3. The van der Waals surface area contributed by atoms with E-state index in [1.165, 1.54) is 28.6 Å². The molecular formula is C16H19N3S. The van der Waals surface area contributed by atoms with Crippen molar-refractivity contribution in [3.8, 4) is 6.07 Å². The Morgan fingerprint density at radius 3 is 2.90 bits per heavy atom. The van der Waals surface area contributed by atoms with Gasteiger partial charge in [-0.1, -0.05) is 6.92 Å². The second-order valence-corrected chi connectivity index (χ2v) is 6.97. The van der Waals surface area contributed by atoms with Gasteiger partial charge in [-0.05, 0) is 36.8 Å². The third kappa shape index (κ3) is 2.38. The van der Waals surface area contributed by atoms with Crippen LogP contribution in [-0.4, -0.2) is 10.3 Å². The van der Waals surface area contributed by atoms with E-state index >= 15 is 0 Å². The largest absolute Gasteiger partial charge is 0.399 e. The van der Waals surface area contributed by atoms with Gasteiger partial charge in [-0.25, -0.2) is 0 Å². The molecule has 2 N–H and O–H groups in total. The molecule has 0 saturated heterocycles. The molecule has 1 aromatic heterocycles. The molecule has 0 bridgehead atoms. The minimum absolute atomic E-state index is 0.212. The second kappa shape index (κ2) is 5.06. The van der Waals surface area contributed by atoms with Crippen molar-refractivity contribution in [2.45, 2.75) is 37.6 Å². The van der Waals surface area contributed by atoms with E-state index in [1.54, 1.807) is 0 Å². The van der Waals surface area contributed by atoms with E-state index in [2.05, 4.69) is 42.0 Å². The molecular weight excluding hydrogens is 266 g/mol. The van der Waals surface area contributed by atoms with Gasteiger partial charge in [0.1, 0.15) is 0 Å². The Labute approximate surface area is 123 Å². The maximum atomic E-state index is 8.96. The van der Waals surface area contributed by atoms with Gasteiger partial charge in [0, 0.05) is 40.5 Å². The number of nitrogen functional groups attached to an aromatic ring is 1. The Morgan fingerprint density at radius 1 is 1.45 bits per heavy atom. The van der Waals surface area contributed by atoms with Gasteiger partial charge >= 0.3 is 0 Å². The number of hydrogen-bond acceptors (Lipinski definition) is 3. The molecule has 1 aliphatic rings. The summed E-state index contributed by atoms with van der Waals surface area (Å²) in [7, 11) is 0. The molecule has 0 amide bonds. The second-order valence-electron chi connectivity index (χ2n) is 5.66. The predicted octanol–water partition coefficient (Wildman–Crippen LogP) is 4.03. The summed E-state index contributed by atoms with van der Waals surface area (Å²) in [4.78, 5) is 1.26. The molecule has 1 aromatic carbocycles. The SMILES string of the molecule is CCSc1cc(N)cc2c1ccn2CC1(CC#N)CC1. The molecule has 1 fully saturated rings. The Bertz CT molecular complexity index is 677. The van der Waals surface area contributed by atoms with Crippen LogP contribution in [0.15, 0.2) is 29.3 Å². The third-order valence-electron chi connectivity index (χ3n) is 4.09. The Hall–Kier alpha value is -1.60. The fourth-order valence-electron chi connectivity index (χ4n) is 2.79.